The van der Waals surface area contributed by atoms with E-state index in [1.807, 2.05) is 6.92 Å². The highest BCUT2D eigenvalue weighted by molar-refractivity contribution is 14.0. The van der Waals surface area contributed by atoms with Gasteiger partial charge in [-0.25, -0.2) is 0 Å². The van der Waals surface area contributed by atoms with E-state index in [-0.39, 0.29) is 42.5 Å². The van der Waals surface area contributed by atoms with Crippen molar-refractivity contribution in [2.24, 2.45) is 4.99 Å². The normalized spacial score (nSPS) is 18.4. The topological polar surface area (TPSA) is 60.0 Å². The molecule has 1 amide bonds. The molecule has 1 aliphatic heterocycles. The predicted octanol–water partition coefficient (Wildman–Crippen LogP) is 2.05. The molecule has 0 aromatic carbocycles. The fourth-order valence-electron chi connectivity index (χ4n) is 2.80. The van der Waals surface area contributed by atoms with Crippen molar-refractivity contribution in [3.8, 4) is 0 Å². The molecule has 2 N–H and O–H groups in total. The molecule has 1 saturated heterocycles. The number of likely N-dealkylation sites (tertiary alicyclic amines) is 1. The molecule has 6 nitrogen and oxygen atoms in total. The summed E-state index contributed by atoms with van der Waals surface area (Å²) in [5, 5.41) is 5.63. The van der Waals surface area contributed by atoms with Crippen LogP contribution in [-0.4, -0.2) is 80.7 Å². The molecular weight excluding hydrogens is 462 g/mol. The number of rotatable bonds is 8. The van der Waals surface area contributed by atoms with Gasteiger partial charge in [0.05, 0.1) is 12.5 Å². The third-order valence-electron chi connectivity index (χ3n) is 4.01. The van der Waals surface area contributed by atoms with Gasteiger partial charge in [-0.05, 0) is 32.7 Å². The van der Waals surface area contributed by atoms with Crippen LogP contribution in [0.1, 0.15) is 32.6 Å². The number of halogens is 4. The maximum atomic E-state index is 12.2. The summed E-state index contributed by atoms with van der Waals surface area (Å²) in [7, 11) is 3.52. The Bertz CT molecular complexity index is 446. The Morgan fingerprint density at radius 3 is 2.58 bits per heavy atom. The molecule has 0 saturated carbocycles. The fourth-order valence-corrected chi connectivity index (χ4v) is 2.80. The van der Waals surface area contributed by atoms with E-state index in [4.69, 9.17) is 0 Å². The van der Waals surface area contributed by atoms with Crippen LogP contribution >= 0.6 is 24.0 Å². The predicted molar refractivity (Wildman–Crippen MR) is 108 cm³/mol. The first-order valence-electron chi connectivity index (χ1n) is 8.78. The lowest BCUT2D eigenvalue weighted by molar-refractivity contribution is -0.134. The van der Waals surface area contributed by atoms with Gasteiger partial charge in [-0.2, -0.15) is 13.2 Å². The van der Waals surface area contributed by atoms with E-state index < -0.39 is 12.6 Å². The second-order valence-corrected chi connectivity index (χ2v) is 6.33. The average Bonchev–Trinajstić information content (AvgIpc) is 2.97. The number of likely N-dealkylation sites (N-methyl/N-ethyl adjacent to an activating group) is 1. The molecule has 0 aliphatic carbocycles. The summed E-state index contributed by atoms with van der Waals surface area (Å²) >= 11 is 0. The van der Waals surface area contributed by atoms with E-state index in [9.17, 15) is 18.0 Å². The van der Waals surface area contributed by atoms with Crippen molar-refractivity contribution in [1.82, 2.24) is 20.4 Å². The lowest BCUT2D eigenvalue weighted by Crippen LogP contribution is -2.43. The highest BCUT2D eigenvalue weighted by Gasteiger charge is 2.31. The van der Waals surface area contributed by atoms with E-state index in [1.165, 1.54) is 0 Å². The molecule has 1 rings (SSSR count). The van der Waals surface area contributed by atoms with Gasteiger partial charge >= 0.3 is 6.18 Å². The van der Waals surface area contributed by atoms with Crippen LogP contribution in [-0.2, 0) is 4.79 Å². The smallest absolute Gasteiger partial charge is 0.357 e. The largest absolute Gasteiger partial charge is 0.390 e. The van der Waals surface area contributed by atoms with Gasteiger partial charge in [0.1, 0.15) is 0 Å². The summed E-state index contributed by atoms with van der Waals surface area (Å²) < 4.78 is 36.6. The summed E-state index contributed by atoms with van der Waals surface area (Å²) in [5.41, 5.74) is 0. The minimum absolute atomic E-state index is 0. The molecule has 10 heteroatoms. The number of carbonyl (C=O) groups excluding carboxylic acids is 1. The molecule has 0 radical (unpaired) electrons. The Hall–Kier alpha value is -0.780. The van der Waals surface area contributed by atoms with Gasteiger partial charge in [0.25, 0.3) is 0 Å². The standard InChI is InChI=1S/C16H30F3N5O.HI/c1-4-20-15(22-10-8-16(17,18)19)21-9-6-12-24-11-5-7-13(24)14(25)23(2)3;/h13H,4-12H2,1-3H3,(H2,20,21,22);1H. The van der Waals surface area contributed by atoms with Gasteiger partial charge < -0.3 is 15.5 Å². The Balaban J connectivity index is 0.00000625. The number of carbonyl (C=O) groups is 1. The molecule has 1 unspecified atom stereocenters. The molecule has 154 valence electrons. The number of alkyl halides is 3. The van der Waals surface area contributed by atoms with Crippen molar-refractivity contribution in [2.45, 2.75) is 44.8 Å². The Labute approximate surface area is 171 Å². The monoisotopic (exact) mass is 493 g/mol. The van der Waals surface area contributed by atoms with Gasteiger partial charge in [0.15, 0.2) is 5.96 Å². The molecule has 1 heterocycles. The Kier molecular flexibility index (Phi) is 12.2. The molecule has 0 aromatic rings. The van der Waals surface area contributed by atoms with Gasteiger partial charge in [0.2, 0.25) is 5.91 Å². The van der Waals surface area contributed by atoms with Crippen LogP contribution in [0, 0.1) is 0 Å². The van der Waals surface area contributed by atoms with Crippen LogP contribution in [0.3, 0.4) is 0 Å². The maximum absolute atomic E-state index is 12.2. The SMILES string of the molecule is CCNC(=NCCCN1CCCC1C(=O)N(C)C)NCCC(F)(F)F.I. The highest BCUT2D eigenvalue weighted by Crippen LogP contribution is 2.19. The first-order chi connectivity index (χ1) is 11.7. The highest BCUT2D eigenvalue weighted by atomic mass is 127. The molecule has 1 aliphatic rings. The van der Waals surface area contributed by atoms with Crippen molar-refractivity contribution in [2.75, 3.05) is 46.8 Å². The first kappa shape index (κ1) is 25.2. The van der Waals surface area contributed by atoms with Crippen molar-refractivity contribution in [3.63, 3.8) is 0 Å². The first-order valence-corrected chi connectivity index (χ1v) is 8.78. The zero-order valence-corrected chi connectivity index (χ0v) is 18.1. The van der Waals surface area contributed by atoms with Crippen LogP contribution in [0.5, 0.6) is 0 Å². The Morgan fingerprint density at radius 1 is 1.31 bits per heavy atom. The number of guanidine groups is 1. The van der Waals surface area contributed by atoms with Crippen molar-refractivity contribution >= 4 is 35.8 Å². The molecule has 0 aromatic heterocycles. The van der Waals surface area contributed by atoms with Crippen molar-refractivity contribution in [3.05, 3.63) is 0 Å². The average molecular weight is 493 g/mol. The van der Waals surface area contributed by atoms with Gasteiger partial charge in [-0.15, -0.1) is 24.0 Å². The second kappa shape index (κ2) is 12.6. The van der Waals surface area contributed by atoms with E-state index in [0.717, 1.165) is 32.4 Å². The minimum Gasteiger partial charge on any atom is -0.357 e. The van der Waals surface area contributed by atoms with Crippen LogP contribution in [0.2, 0.25) is 0 Å². The lowest BCUT2D eigenvalue weighted by atomic mass is 10.2. The number of amides is 1. The van der Waals surface area contributed by atoms with E-state index in [0.29, 0.717) is 19.0 Å². The van der Waals surface area contributed by atoms with E-state index in [2.05, 4.69) is 20.5 Å². The maximum Gasteiger partial charge on any atom is 0.390 e. The van der Waals surface area contributed by atoms with Crippen LogP contribution in [0.25, 0.3) is 0 Å². The van der Waals surface area contributed by atoms with Crippen molar-refractivity contribution < 1.29 is 18.0 Å². The quantitative estimate of drug-likeness (QED) is 0.235. The van der Waals surface area contributed by atoms with Crippen LogP contribution < -0.4 is 10.6 Å². The minimum atomic E-state index is -4.17. The molecule has 26 heavy (non-hydrogen) atoms. The molecule has 1 fully saturated rings. The number of hydrogen-bond donors (Lipinski definition) is 2. The molecule has 0 bridgehead atoms. The molecule has 1 atom stereocenters. The van der Waals surface area contributed by atoms with Crippen LogP contribution in [0.15, 0.2) is 4.99 Å². The van der Waals surface area contributed by atoms with Gasteiger partial charge in [-0.3, -0.25) is 14.7 Å². The number of nitrogens with one attached hydrogen (secondary N) is 2. The summed E-state index contributed by atoms with van der Waals surface area (Å²) in [4.78, 5) is 20.2. The molecular formula is C16H31F3IN5O. The zero-order chi connectivity index (χ0) is 18.9. The summed E-state index contributed by atoms with van der Waals surface area (Å²) in [6, 6.07) is -0.0582. The second-order valence-electron chi connectivity index (χ2n) is 6.33. The Morgan fingerprint density at radius 2 is 2.00 bits per heavy atom. The van der Waals surface area contributed by atoms with Crippen LogP contribution in [0.4, 0.5) is 13.2 Å². The third-order valence-corrected chi connectivity index (χ3v) is 4.01. The summed E-state index contributed by atoms with van der Waals surface area (Å²) in [6.45, 7) is 4.42. The number of nitrogens with zero attached hydrogens (tertiary/aromatic N) is 3. The van der Waals surface area contributed by atoms with Gasteiger partial charge in [0, 0.05) is 40.3 Å². The van der Waals surface area contributed by atoms with E-state index in [1.54, 1.807) is 19.0 Å². The zero-order valence-electron chi connectivity index (χ0n) is 15.7. The molecule has 0 spiro atoms. The third kappa shape index (κ3) is 9.79. The summed E-state index contributed by atoms with van der Waals surface area (Å²) in [6.07, 6.45) is -2.42. The van der Waals surface area contributed by atoms with E-state index >= 15 is 0 Å². The number of hydrogen-bond acceptors (Lipinski definition) is 3. The van der Waals surface area contributed by atoms with Crippen molar-refractivity contribution in [1.29, 1.82) is 0 Å². The number of aliphatic imine (C=N–C) groups is 1. The lowest BCUT2D eigenvalue weighted by Gasteiger charge is -2.25. The fraction of sp³-hybridized carbons (Fsp3) is 0.875. The van der Waals surface area contributed by atoms with Gasteiger partial charge in [-0.1, -0.05) is 0 Å². The summed E-state index contributed by atoms with van der Waals surface area (Å²) in [5.74, 6) is 0.525.